The summed E-state index contributed by atoms with van der Waals surface area (Å²) in [5, 5.41) is 14.0. The van der Waals surface area contributed by atoms with Gasteiger partial charge in [0.05, 0.1) is 39.9 Å². The fourth-order valence-corrected chi connectivity index (χ4v) is 10.1. The van der Waals surface area contributed by atoms with Crippen molar-refractivity contribution in [2.24, 2.45) is 0 Å². The lowest BCUT2D eigenvalue weighted by Gasteiger charge is -2.25. The summed E-state index contributed by atoms with van der Waals surface area (Å²) in [6, 6.07) is -0.856. The van der Waals surface area contributed by atoms with Crippen molar-refractivity contribution >= 4 is 13.7 Å². The highest BCUT2D eigenvalue weighted by atomic mass is 31.2. The van der Waals surface area contributed by atoms with Crippen LogP contribution in [0.2, 0.25) is 0 Å². The number of allylic oxidation sites excluding steroid dienone is 7. The van der Waals surface area contributed by atoms with Gasteiger partial charge in [0.15, 0.2) is 0 Å². The third-order valence-electron chi connectivity index (χ3n) is 14.3. The lowest BCUT2D eigenvalue weighted by Crippen LogP contribution is -2.45. The number of phosphoric acid groups is 1. The first-order valence-corrected chi connectivity index (χ1v) is 33.0. The average Bonchev–Trinajstić information content (AvgIpc) is 3.35. The molecule has 0 aromatic carbocycles. The van der Waals surface area contributed by atoms with Gasteiger partial charge in [-0.15, -0.1) is 0 Å². The number of aliphatic hydroxyl groups is 1. The Morgan fingerprint density at radius 2 is 0.781 bits per heavy atom. The topological polar surface area (TPSA) is 105 Å². The number of aliphatic hydroxyl groups excluding tert-OH is 1. The summed E-state index contributed by atoms with van der Waals surface area (Å²) >= 11 is 0. The highest BCUT2D eigenvalue weighted by Gasteiger charge is 2.27. The SMILES string of the molecule is CCCCC/C=C\C/C=C\C/C=C\CCCCCCCCC(=O)NC(COP(=O)(O)OCC[N+](C)(C)C)C(O)/C=C/CCCCCCCCCCCCCCCCCCCCCCCCCCCCCCCC. The van der Waals surface area contributed by atoms with Crippen LogP contribution in [0.5, 0.6) is 0 Å². The van der Waals surface area contributed by atoms with Crippen molar-refractivity contribution in [1.29, 1.82) is 0 Å². The Morgan fingerprint density at radius 3 is 1.16 bits per heavy atom. The molecule has 3 N–H and O–H groups in total. The Kier molecular flexibility index (Phi) is 54.1. The van der Waals surface area contributed by atoms with Crippen LogP contribution >= 0.6 is 7.82 Å². The predicted octanol–water partition coefficient (Wildman–Crippen LogP) is 19.5. The lowest BCUT2D eigenvalue weighted by atomic mass is 10.0. The second kappa shape index (κ2) is 55.2. The van der Waals surface area contributed by atoms with Gasteiger partial charge in [-0.25, -0.2) is 4.57 Å². The van der Waals surface area contributed by atoms with Gasteiger partial charge >= 0.3 is 7.82 Å². The number of carbonyl (C=O) groups is 1. The summed E-state index contributed by atoms with van der Waals surface area (Å²) in [7, 11) is 1.57. The molecule has 0 fully saturated rings. The van der Waals surface area contributed by atoms with Gasteiger partial charge in [-0.1, -0.05) is 287 Å². The molecule has 0 aliphatic rings. The lowest BCUT2D eigenvalue weighted by molar-refractivity contribution is -0.870. The van der Waals surface area contributed by atoms with Gasteiger partial charge in [-0.05, 0) is 57.8 Å². The number of hydrogen-bond acceptors (Lipinski definition) is 5. The van der Waals surface area contributed by atoms with E-state index in [1.807, 2.05) is 27.2 Å². The van der Waals surface area contributed by atoms with Crippen molar-refractivity contribution in [3.63, 3.8) is 0 Å². The maximum Gasteiger partial charge on any atom is 0.472 e. The van der Waals surface area contributed by atoms with E-state index in [1.165, 1.54) is 218 Å². The molecule has 3 unspecified atom stereocenters. The minimum Gasteiger partial charge on any atom is -0.387 e. The summed E-state index contributed by atoms with van der Waals surface area (Å²) in [6.07, 6.45) is 73.8. The molecule has 9 heteroatoms. The minimum atomic E-state index is -4.35. The third kappa shape index (κ3) is 58.0. The van der Waals surface area contributed by atoms with Crippen molar-refractivity contribution in [2.75, 3.05) is 40.9 Å². The number of amides is 1. The number of nitrogens with zero attached hydrogens (tertiary/aromatic N) is 1. The molecule has 0 spiro atoms. The van der Waals surface area contributed by atoms with Crippen LogP contribution in [0.3, 0.4) is 0 Å². The second-order valence-corrected chi connectivity index (χ2v) is 24.2. The molecule has 3 atom stereocenters. The number of unbranched alkanes of at least 4 members (excludes halogenated alkanes) is 39. The summed E-state index contributed by atoms with van der Waals surface area (Å²) in [5.41, 5.74) is 0. The molecule has 8 nitrogen and oxygen atoms in total. The minimum absolute atomic E-state index is 0.0579. The van der Waals surface area contributed by atoms with E-state index in [1.54, 1.807) is 6.08 Å². The quantitative estimate of drug-likeness (QED) is 0.0243. The summed E-state index contributed by atoms with van der Waals surface area (Å²) in [5.74, 6) is -0.187. The summed E-state index contributed by atoms with van der Waals surface area (Å²) in [6.45, 7) is 4.81. The van der Waals surface area contributed by atoms with Gasteiger partial charge in [-0.3, -0.25) is 13.8 Å². The van der Waals surface area contributed by atoms with Crippen molar-refractivity contribution in [1.82, 2.24) is 5.32 Å². The number of likely N-dealkylation sites (N-methyl/N-ethyl adjacent to an activating group) is 1. The first kappa shape index (κ1) is 71.5. The van der Waals surface area contributed by atoms with Crippen molar-refractivity contribution in [3.05, 3.63) is 48.6 Å². The fraction of sp³-hybridized carbons (Fsp3) is 0.859. The Labute approximate surface area is 454 Å². The van der Waals surface area contributed by atoms with E-state index in [0.29, 0.717) is 17.4 Å². The molecular weight excluding hydrogens is 924 g/mol. The van der Waals surface area contributed by atoms with E-state index < -0.39 is 20.0 Å². The Bertz CT molecular complexity index is 1330. The number of phosphoric ester groups is 1. The molecule has 1 amide bonds. The fourth-order valence-electron chi connectivity index (χ4n) is 9.35. The molecule has 0 heterocycles. The van der Waals surface area contributed by atoms with Crippen LogP contribution in [-0.2, 0) is 18.4 Å². The first-order valence-electron chi connectivity index (χ1n) is 31.5. The molecule has 430 valence electrons. The maximum absolute atomic E-state index is 13.0. The van der Waals surface area contributed by atoms with Crippen LogP contribution in [0.15, 0.2) is 48.6 Å². The van der Waals surface area contributed by atoms with Crippen LogP contribution < -0.4 is 5.32 Å². The highest BCUT2D eigenvalue weighted by Crippen LogP contribution is 2.43. The average molecular weight is 1050 g/mol. The normalized spacial score (nSPS) is 14.1. The number of nitrogens with one attached hydrogen (secondary N) is 1. The van der Waals surface area contributed by atoms with Gasteiger partial charge in [-0.2, -0.15) is 0 Å². The zero-order valence-corrected chi connectivity index (χ0v) is 50.0. The highest BCUT2D eigenvalue weighted by molar-refractivity contribution is 7.47. The van der Waals surface area contributed by atoms with Crippen LogP contribution in [0.25, 0.3) is 0 Å². The third-order valence-corrected chi connectivity index (χ3v) is 15.3. The Balaban J connectivity index is 4.10. The molecule has 0 bridgehead atoms. The van der Waals surface area contributed by atoms with E-state index in [9.17, 15) is 19.4 Å². The Morgan fingerprint density at radius 1 is 0.466 bits per heavy atom. The molecule has 0 saturated carbocycles. The number of rotatable bonds is 58. The smallest absolute Gasteiger partial charge is 0.387 e. The molecule has 0 aromatic heterocycles. The van der Waals surface area contributed by atoms with Crippen molar-refractivity contribution < 1.29 is 32.9 Å². The first-order chi connectivity index (χ1) is 35.5. The molecular formula is C64H124N2O6P+. The predicted molar refractivity (Wildman–Crippen MR) is 318 cm³/mol. The standard InChI is InChI=1S/C64H123N2O6P/c1-6-8-10-12-14-16-18-20-22-24-26-27-28-29-30-31-32-33-34-35-36-37-38-40-41-43-45-47-49-51-53-55-57-63(67)62(61-72-73(69,70)71-60-59-66(3,4)5)65-64(68)58-56-54-52-50-48-46-44-42-39-25-23-21-19-17-15-13-11-9-7-2/h15,17,21,23,39,42,55,57,62-63,67H,6-14,16,18-20,22,24-38,40-41,43-54,56,58-61H2,1-5H3,(H-,65,68,69,70)/p+1/b17-15-,23-21-,42-39-,57-55+. The second-order valence-electron chi connectivity index (χ2n) is 22.8. The van der Waals surface area contributed by atoms with Crippen molar-refractivity contribution in [2.45, 2.75) is 315 Å². The summed E-state index contributed by atoms with van der Waals surface area (Å²) < 4.78 is 23.7. The van der Waals surface area contributed by atoms with Gasteiger partial charge < -0.3 is 19.8 Å². The number of quaternary nitrogens is 1. The van der Waals surface area contributed by atoms with E-state index in [2.05, 4.69) is 55.6 Å². The van der Waals surface area contributed by atoms with E-state index in [0.717, 1.165) is 64.2 Å². The van der Waals surface area contributed by atoms with Gasteiger partial charge in [0.2, 0.25) is 5.91 Å². The number of hydrogen-bond donors (Lipinski definition) is 3. The van der Waals surface area contributed by atoms with Gasteiger partial charge in [0, 0.05) is 6.42 Å². The number of carbonyl (C=O) groups excluding carboxylic acids is 1. The van der Waals surface area contributed by atoms with Crippen LogP contribution in [0, 0.1) is 0 Å². The monoisotopic (exact) mass is 1050 g/mol. The van der Waals surface area contributed by atoms with Crippen LogP contribution in [-0.4, -0.2) is 73.4 Å². The summed E-state index contributed by atoms with van der Waals surface area (Å²) in [4.78, 5) is 23.3. The van der Waals surface area contributed by atoms with Crippen LogP contribution in [0.1, 0.15) is 303 Å². The zero-order valence-electron chi connectivity index (χ0n) is 49.1. The Hall–Kier alpha value is -1.54. The maximum atomic E-state index is 13.0. The molecule has 0 saturated heterocycles. The molecule has 0 aromatic rings. The zero-order chi connectivity index (χ0) is 53.5. The molecule has 0 radical (unpaired) electrons. The van der Waals surface area contributed by atoms with Gasteiger partial charge in [0.25, 0.3) is 0 Å². The van der Waals surface area contributed by atoms with Gasteiger partial charge in [0.1, 0.15) is 13.2 Å². The molecule has 73 heavy (non-hydrogen) atoms. The molecule has 0 aliphatic carbocycles. The van der Waals surface area contributed by atoms with E-state index in [-0.39, 0.29) is 19.1 Å². The molecule has 0 aliphatic heterocycles. The largest absolute Gasteiger partial charge is 0.472 e. The van der Waals surface area contributed by atoms with Crippen LogP contribution in [0.4, 0.5) is 0 Å². The molecule has 0 rings (SSSR count). The van der Waals surface area contributed by atoms with E-state index in [4.69, 9.17) is 9.05 Å². The van der Waals surface area contributed by atoms with E-state index >= 15 is 0 Å². The van der Waals surface area contributed by atoms with Crippen molar-refractivity contribution in [3.8, 4) is 0 Å².